The number of nitrogens with one attached hydrogen (secondary N) is 4. The van der Waals surface area contributed by atoms with Crippen LogP contribution in [-0.2, 0) is 0 Å². The lowest BCUT2D eigenvalue weighted by Gasteiger charge is -2.27. The number of hydrogen-bond donors (Lipinski definition) is 4. The Balaban J connectivity index is 1.05. The normalized spacial score (nSPS) is 42.1. The largest absolute Gasteiger partial charge is 0.362 e. The summed E-state index contributed by atoms with van der Waals surface area (Å²) in [6.07, 6.45) is 18.3. The molecule has 8 atom stereocenters. The molecule has 0 unspecified atom stereocenters. The van der Waals surface area contributed by atoms with E-state index < -0.39 is 0 Å². The number of thiocarbonyl (C=S) groups is 2. The summed E-state index contributed by atoms with van der Waals surface area (Å²) in [5, 5.41) is 15.9. The molecule has 0 amide bonds. The van der Waals surface area contributed by atoms with Crippen molar-refractivity contribution in [2.75, 3.05) is 6.54 Å². The predicted octanol–water partition coefficient (Wildman–Crippen LogP) is 3.01. The fourth-order valence-electron chi connectivity index (χ4n) is 6.19. The van der Waals surface area contributed by atoms with Gasteiger partial charge in [-0.1, -0.05) is 30.7 Å². The van der Waals surface area contributed by atoms with E-state index in [0.717, 1.165) is 28.6 Å². The van der Waals surface area contributed by atoms with Gasteiger partial charge >= 0.3 is 0 Å². The molecule has 0 aromatic heterocycles. The van der Waals surface area contributed by atoms with Crippen molar-refractivity contribution in [3.63, 3.8) is 0 Å². The van der Waals surface area contributed by atoms with Gasteiger partial charge in [-0.15, -0.1) is 0 Å². The zero-order chi connectivity index (χ0) is 19.1. The summed E-state index contributed by atoms with van der Waals surface area (Å²) in [5.41, 5.74) is 0. The van der Waals surface area contributed by atoms with Crippen LogP contribution in [0, 0.1) is 29.6 Å². The second kappa shape index (κ2) is 7.94. The highest BCUT2D eigenvalue weighted by atomic mass is 32.1. The van der Waals surface area contributed by atoms with Gasteiger partial charge in [-0.2, -0.15) is 0 Å². The lowest BCUT2D eigenvalue weighted by Crippen LogP contribution is -2.50. The lowest BCUT2D eigenvalue weighted by molar-refractivity contribution is 0.431. The van der Waals surface area contributed by atoms with Crippen LogP contribution in [-0.4, -0.2) is 34.9 Å². The Labute approximate surface area is 179 Å². The molecule has 0 saturated heterocycles. The van der Waals surface area contributed by atoms with E-state index in [0.29, 0.717) is 35.9 Å². The predicted molar refractivity (Wildman–Crippen MR) is 122 cm³/mol. The van der Waals surface area contributed by atoms with E-state index in [4.69, 9.17) is 24.4 Å². The second-order valence-corrected chi connectivity index (χ2v) is 10.4. The van der Waals surface area contributed by atoms with Gasteiger partial charge in [0.15, 0.2) is 10.2 Å². The number of allylic oxidation sites excluding steroid dienone is 2. The van der Waals surface area contributed by atoms with E-state index in [2.05, 4.69) is 45.6 Å². The summed E-state index contributed by atoms with van der Waals surface area (Å²) in [5.74, 6) is 3.48. The van der Waals surface area contributed by atoms with Gasteiger partial charge < -0.3 is 21.3 Å². The zero-order valence-electron chi connectivity index (χ0n) is 16.4. The van der Waals surface area contributed by atoms with Crippen molar-refractivity contribution in [1.82, 2.24) is 21.3 Å². The first-order valence-corrected chi connectivity index (χ1v) is 11.9. The Morgan fingerprint density at radius 3 is 1.89 bits per heavy atom. The van der Waals surface area contributed by atoms with Gasteiger partial charge in [-0.25, -0.2) is 0 Å². The molecule has 0 spiro atoms. The minimum atomic E-state index is 0.454. The Hall–Kier alpha value is -1.14. The molecule has 4 N–H and O–H groups in total. The van der Waals surface area contributed by atoms with Crippen LogP contribution in [0.1, 0.15) is 44.9 Å². The van der Waals surface area contributed by atoms with Crippen molar-refractivity contribution in [1.29, 1.82) is 0 Å². The molecule has 0 radical (unpaired) electrons. The Morgan fingerprint density at radius 2 is 1.32 bits per heavy atom. The first kappa shape index (κ1) is 18.9. The van der Waals surface area contributed by atoms with E-state index in [1.54, 1.807) is 0 Å². The molecule has 5 rings (SSSR count). The molecule has 0 aliphatic heterocycles. The van der Waals surface area contributed by atoms with E-state index in [9.17, 15) is 0 Å². The summed E-state index contributed by atoms with van der Waals surface area (Å²) in [4.78, 5) is 0. The third-order valence-corrected chi connectivity index (χ3v) is 8.19. The number of fused-ring (bicyclic) bond motifs is 4. The van der Waals surface area contributed by atoms with E-state index in [1.165, 1.54) is 44.9 Å². The van der Waals surface area contributed by atoms with Crippen LogP contribution < -0.4 is 21.3 Å². The summed E-state index contributed by atoms with van der Waals surface area (Å²) in [7, 11) is 0. The molecular formula is C22H32N4S2. The maximum absolute atomic E-state index is 5.65. The molecule has 4 nitrogen and oxygen atoms in total. The van der Waals surface area contributed by atoms with Crippen molar-refractivity contribution in [2.45, 2.75) is 63.1 Å². The third kappa shape index (κ3) is 3.95. The monoisotopic (exact) mass is 416 g/mol. The summed E-state index contributed by atoms with van der Waals surface area (Å²) in [6, 6.07) is 1.51. The summed E-state index contributed by atoms with van der Waals surface area (Å²) in [6.45, 7) is 0.930. The fraction of sp³-hybridized carbons (Fsp3) is 0.727. The molecule has 4 bridgehead atoms. The standard InChI is InChI=1S/C22H32N4S2/c27-21(25-19-10-13-4-6-15(19)8-13)23-12-17-2-1-3-18(17)24-22(28)26-20-11-14-5-7-16(20)9-14/h4-7,13-20H,1-3,8-12H2,(H2,23,25,27)(H2,24,26,28)/t13-,14-,15-,16-,17+,18+,19-,20-/m1/s1. The van der Waals surface area contributed by atoms with Crippen LogP contribution in [0.5, 0.6) is 0 Å². The van der Waals surface area contributed by atoms with Gasteiger partial charge in [0, 0.05) is 24.7 Å². The molecule has 3 saturated carbocycles. The summed E-state index contributed by atoms with van der Waals surface area (Å²) < 4.78 is 0. The average molecular weight is 417 g/mol. The molecule has 3 fully saturated rings. The maximum Gasteiger partial charge on any atom is 0.166 e. The molecular weight excluding hydrogens is 384 g/mol. The van der Waals surface area contributed by atoms with Gasteiger partial charge in [0.2, 0.25) is 0 Å². The molecule has 0 aromatic carbocycles. The van der Waals surface area contributed by atoms with Crippen LogP contribution >= 0.6 is 24.4 Å². The highest BCUT2D eigenvalue weighted by molar-refractivity contribution is 7.80. The van der Waals surface area contributed by atoms with Crippen molar-refractivity contribution < 1.29 is 0 Å². The first-order chi connectivity index (χ1) is 13.6. The highest BCUT2D eigenvalue weighted by Gasteiger charge is 2.37. The molecule has 6 heteroatoms. The minimum absolute atomic E-state index is 0.454. The van der Waals surface area contributed by atoms with Crippen molar-refractivity contribution in [2.24, 2.45) is 29.6 Å². The molecule has 5 aliphatic carbocycles. The highest BCUT2D eigenvalue weighted by Crippen LogP contribution is 2.39. The van der Waals surface area contributed by atoms with E-state index >= 15 is 0 Å². The number of rotatable bonds is 5. The van der Waals surface area contributed by atoms with Crippen molar-refractivity contribution in [3.8, 4) is 0 Å². The fourth-order valence-corrected chi connectivity index (χ4v) is 6.72. The molecule has 0 aromatic rings. The van der Waals surface area contributed by atoms with Gasteiger partial charge in [-0.3, -0.25) is 0 Å². The Bertz CT molecular complexity index is 690. The minimum Gasteiger partial charge on any atom is -0.362 e. The second-order valence-electron chi connectivity index (χ2n) is 9.54. The SMILES string of the molecule is S=C(NC[C@@H]1CCC[C@@H]1NC(=S)N[C@@H]1C[C@@H]2C=C[C@@H]1C2)N[C@@H]1C[C@@H]2C=C[C@@H]1C2. The van der Waals surface area contributed by atoms with Gasteiger partial charge in [0.25, 0.3) is 0 Å². The molecule has 28 heavy (non-hydrogen) atoms. The van der Waals surface area contributed by atoms with Crippen LogP contribution in [0.15, 0.2) is 24.3 Å². The average Bonchev–Trinajstić information content (AvgIpc) is 3.47. The van der Waals surface area contributed by atoms with E-state index in [1.807, 2.05) is 0 Å². The van der Waals surface area contributed by atoms with Crippen LogP contribution in [0.2, 0.25) is 0 Å². The van der Waals surface area contributed by atoms with Crippen LogP contribution in [0.3, 0.4) is 0 Å². The van der Waals surface area contributed by atoms with E-state index in [-0.39, 0.29) is 0 Å². The van der Waals surface area contributed by atoms with Gasteiger partial charge in [-0.05, 0) is 92.6 Å². The Morgan fingerprint density at radius 1 is 0.714 bits per heavy atom. The molecule has 0 heterocycles. The third-order valence-electron chi connectivity index (χ3n) is 7.69. The van der Waals surface area contributed by atoms with Crippen molar-refractivity contribution in [3.05, 3.63) is 24.3 Å². The van der Waals surface area contributed by atoms with Crippen molar-refractivity contribution >= 4 is 34.7 Å². The summed E-state index contributed by atoms with van der Waals surface area (Å²) >= 11 is 11.2. The topological polar surface area (TPSA) is 48.1 Å². The first-order valence-electron chi connectivity index (χ1n) is 11.1. The smallest absolute Gasteiger partial charge is 0.166 e. The Kier molecular flexibility index (Phi) is 5.35. The lowest BCUT2D eigenvalue weighted by atomic mass is 10.0. The maximum atomic E-state index is 5.65. The van der Waals surface area contributed by atoms with Crippen LogP contribution in [0.25, 0.3) is 0 Å². The quantitative estimate of drug-likeness (QED) is 0.408. The molecule has 152 valence electrons. The molecule has 5 aliphatic rings. The number of hydrogen-bond acceptors (Lipinski definition) is 2. The zero-order valence-corrected chi connectivity index (χ0v) is 18.0. The van der Waals surface area contributed by atoms with Gasteiger partial charge in [0.05, 0.1) is 0 Å². The van der Waals surface area contributed by atoms with Crippen LogP contribution in [0.4, 0.5) is 0 Å². The van der Waals surface area contributed by atoms with Gasteiger partial charge in [0.1, 0.15) is 0 Å².